The molecule has 0 aliphatic carbocycles. The zero-order chi connectivity index (χ0) is 14.3. The molecule has 6 heteroatoms. The van der Waals surface area contributed by atoms with Gasteiger partial charge in [0.05, 0.1) is 14.2 Å². The van der Waals surface area contributed by atoms with Gasteiger partial charge in [0.2, 0.25) is 5.91 Å². The molecule has 1 rings (SSSR count). The zero-order valence-corrected chi connectivity index (χ0v) is 10.9. The van der Waals surface area contributed by atoms with Crippen molar-refractivity contribution in [3.05, 3.63) is 29.8 Å². The van der Waals surface area contributed by atoms with Gasteiger partial charge in [0.1, 0.15) is 18.4 Å². The number of carbonyl (C=O) groups is 2. The number of nitrogens with one attached hydrogen (secondary N) is 1. The van der Waals surface area contributed by atoms with Gasteiger partial charge in [0.15, 0.2) is 0 Å². The largest absolute Gasteiger partial charge is 0.496 e. The lowest BCUT2D eigenvalue weighted by Gasteiger charge is -2.17. The van der Waals surface area contributed by atoms with Gasteiger partial charge < -0.3 is 19.9 Å². The van der Waals surface area contributed by atoms with Gasteiger partial charge >= 0.3 is 5.97 Å². The molecule has 0 spiro atoms. The van der Waals surface area contributed by atoms with E-state index in [9.17, 15) is 9.59 Å². The molecule has 0 fully saturated rings. The second-order valence-electron chi connectivity index (χ2n) is 3.82. The van der Waals surface area contributed by atoms with Crippen LogP contribution < -0.4 is 10.1 Å². The molecule has 0 saturated heterocycles. The van der Waals surface area contributed by atoms with Crippen molar-refractivity contribution < 1.29 is 24.2 Å². The number of ether oxygens (including phenoxy) is 2. The van der Waals surface area contributed by atoms with Crippen LogP contribution >= 0.6 is 0 Å². The van der Waals surface area contributed by atoms with Crippen LogP contribution in [-0.4, -0.2) is 43.9 Å². The zero-order valence-electron chi connectivity index (χ0n) is 10.9. The summed E-state index contributed by atoms with van der Waals surface area (Å²) in [7, 11) is 2.76. The topological polar surface area (TPSA) is 84.9 Å². The number of methoxy groups -OCH3 is 2. The summed E-state index contributed by atoms with van der Waals surface area (Å²) in [5.41, 5.74) is 0.763. The second kappa shape index (κ2) is 7.38. The highest BCUT2D eigenvalue weighted by molar-refractivity contribution is 5.85. The molecule has 0 heterocycles. The number of hydrogen-bond donors (Lipinski definition) is 2. The van der Waals surface area contributed by atoms with Gasteiger partial charge in [-0.3, -0.25) is 4.79 Å². The number of amides is 1. The first-order valence-electron chi connectivity index (χ1n) is 5.72. The van der Waals surface area contributed by atoms with Crippen LogP contribution in [0.15, 0.2) is 24.3 Å². The molecule has 0 radical (unpaired) electrons. The van der Waals surface area contributed by atoms with Crippen LogP contribution in [0.3, 0.4) is 0 Å². The van der Waals surface area contributed by atoms with Crippen LogP contribution in [-0.2, 0) is 20.7 Å². The molecule has 0 aromatic heterocycles. The molecule has 0 saturated carbocycles. The van der Waals surface area contributed by atoms with Gasteiger partial charge in [0, 0.05) is 6.42 Å². The SMILES string of the molecule is COC(=O)[C@H](Cc1ccccc1OC)NC(=O)CO. The fraction of sp³-hybridized carbons (Fsp3) is 0.385. The highest BCUT2D eigenvalue weighted by atomic mass is 16.5. The molecule has 104 valence electrons. The molecule has 1 aromatic carbocycles. The number of carbonyl (C=O) groups excluding carboxylic acids is 2. The fourth-order valence-corrected chi connectivity index (χ4v) is 1.67. The molecule has 0 unspecified atom stereocenters. The monoisotopic (exact) mass is 267 g/mol. The first-order valence-corrected chi connectivity index (χ1v) is 5.72. The summed E-state index contributed by atoms with van der Waals surface area (Å²) in [5, 5.41) is 11.1. The first-order chi connectivity index (χ1) is 9.12. The van der Waals surface area contributed by atoms with Crippen molar-refractivity contribution in [2.24, 2.45) is 0 Å². The quantitative estimate of drug-likeness (QED) is 0.702. The molecule has 0 aliphatic rings. The van der Waals surface area contributed by atoms with Gasteiger partial charge in [-0.05, 0) is 11.6 Å². The third-order valence-corrected chi connectivity index (χ3v) is 2.58. The summed E-state index contributed by atoms with van der Waals surface area (Å²) >= 11 is 0. The number of esters is 1. The Morgan fingerprint density at radius 2 is 2.00 bits per heavy atom. The Kier molecular flexibility index (Phi) is 5.81. The van der Waals surface area contributed by atoms with Gasteiger partial charge in [-0.25, -0.2) is 4.79 Å². The van der Waals surface area contributed by atoms with Gasteiger partial charge in [0.25, 0.3) is 0 Å². The Morgan fingerprint density at radius 3 is 2.58 bits per heavy atom. The van der Waals surface area contributed by atoms with Crippen molar-refractivity contribution in [2.75, 3.05) is 20.8 Å². The second-order valence-corrected chi connectivity index (χ2v) is 3.82. The molecule has 1 aromatic rings. The summed E-state index contributed by atoms with van der Waals surface area (Å²) in [6, 6.07) is 6.31. The standard InChI is InChI=1S/C13H17NO5/c1-18-11-6-4-3-5-9(11)7-10(13(17)19-2)14-12(16)8-15/h3-6,10,15H,7-8H2,1-2H3,(H,14,16)/t10-/m0/s1. The van der Waals surface area contributed by atoms with E-state index in [-0.39, 0.29) is 6.42 Å². The fourth-order valence-electron chi connectivity index (χ4n) is 1.67. The molecule has 19 heavy (non-hydrogen) atoms. The molecule has 2 N–H and O–H groups in total. The maximum Gasteiger partial charge on any atom is 0.328 e. The normalized spacial score (nSPS) is 11.5. The minimum Gasteiger partial charge on any atom is -0.496 e. The van der Waals surface area contributed by atoms with Crippen molar-refractivity contribution >= 4 is 11.9 Å². The van der Waals surface area contributed by atoms with Crippen LogP contribution in [0.5, 0.6) is 5.75 Å². The Hall–Kier alpha value is -2.08. The van der Waals surface area contributed by atoms with Crippen molar-refractivity contribution in [3.8, 4) is 5.75 Å². The van der Waals surface area contributed by atoms with Gasteiger partial charge in [-0.1, -0.05) is 18.2 Å². The number of hydrogen-bond acceptors (Lipinski definition) is 5. The van der Waals surface area contributed by atoms with E-state index >= 15 is 0 Å². The Bertz CT molecular complexity index is 446. The average molecular weight is 267 g/mol. The Morgan fingerprint density at radius 1 is 1.32 bits per heavy atom. The van der Waals surface area contributed by atoms with E-state index in [0.29, 0.717) is 5.75 Å². The van der Waals surface area contributed by atoms with E-state index in [0.717, 1.165) is 5.56 Å². The molecule has 0 aliphatic heterocycles. The first kappa shape index (κ1) is 15.0. The lowest BCUT2D eigenvalue weighted by molar-refractivity contribution is -0.145. The van der Waals surface area contributed by atoms with E-state index in [1.54, 1.807) is 18.2 Å². The van der Waals surface area contributed by atoms with Crippen LogP contribution in [0.4, 0.5) is 0 Å². The summed E-state index contributed by atoms with van der Waals surface area (Å²) in [5.74, 6) is -0.590. The maximum absolute atomic E-state index is 11.6. The molecular formula is C13H17NO5. The summed E-state index contributed by atoms with van der Waals surface area (Å²) < 4.78 is 9.80. The van der Waals surface area contributed by atoms with Crippen LogP contribution in [0.25, 0.3) is 0 Å². The number of benzene rings is 1. The predicted octanol–water partition coefficient (Wildman–Crippen LogP) is -0.112. The highest BCUT2D eigenvalue weighted by Crippen LogP contribution is 2.19. The van der Waals surface area contributed by atoms with E-state index in [1.165, 1.54) is 14.2 Å². The average Bonchev–Trinajstić information content (AvgIpc) is 2.45. The van der Waals surface area contributed by atoms with E-state index < -0.39 is 24.5 Å². The van der Waals surface area contributed by atoms with E-state index in [1.807, 2.05) is 6.07 Å². The number of aliphatic hydroxyl groups is 1. The number of aliphatic hydroxyl groups excluding tert-OH is 1. The summed E-state index contributed by atoms with van der Waals surface area (Å²) in [6.07, 6.45) is 0.225. The summed E-state index contributed by atoms with van der Waals surface area (Å²) in [4.78, 5) is 22.8. The smallest absolute Gasteiger partial charge is 0.328 e. The Balaban J connectivity index is 2.87. The molecule has 0 bridgehead atoms. The minimum absolute atomic E-state index is 0.225. The minimum atomic E-state index is -0.860. The third kappa shape index (κ3) is 4.26. The number of rotatable bonds is 6. The summed E-state index contributed by atoms with van der Waals surface area (Å²) in [6.45, 7) is -0.681. The van der Waals surface area contributed by atoms with Crippen molar-refractivity contribution in [3.63, 3.8) is 0 Å². The van der Waals surface area contributed by atoms with Gasteiger partial charge in [-0.15, -0.1) is 0 Å². The number of para-hydroxylation sites is 1. The van der Waals surface area contributed by atoms with Crippen LogP contribution in [0.2, 0.25) is 0 Å². The molecule has 1 amide bonds. The van der Waals surface area contributed by atoms with E-state index in [2.05, 4.69) is 10.1 Å². The van der Waals surface area contributed by atoms with Crippen molar-refractivity contribution in [1.82, 2.24) is 5.32 Å². The Labute approximate surface area is 111 Å². The van der Waals surface area contributed by atoms with Crippen LogP contribution in [0.1, 0.15) is 5.56 Å². The third-order valence-electron chi connectivity index (χ3n) is 2.58. The highest BCUT2D eigenvalue weighted by Gasteiger charge is 2.22. The maximum atomic E-state index is 11.6. The lowest BCUT2D eigenvalue weighted by atomic mass is 10.0. The van der Waals surface area contributed by atoms with Crippen molar-refractivity contribution in [2.45, 2.75) is 12.5 Å². The molecule has 1 atom stereocenters. The molecular weight excluding hydrogens is 250 g/mol. The van der Waals surface area contributed by atoms with Gasteiger partial charge in [-0.2, -0.15) is 0 Å². The van der Waals surface area contributed by atoms with Crippen LogP contribution in [0, 0.1) is 0 Å². The predicted molar refractivity (Wildman–Crippen MR) is 67.7 cm³/mol. The molecule has 6 nitrogen and oxygen atoms in total. The van der Waals surface area contributed by atoms with Crippen molar-refractivity contribution in [1.29, 1.82) is 0 Å². The lowest BCUT2D eigenvalue weighted by Crippen LogP contribution is -2.44. The van der Waals surface area contributed by atoms with E-state index in [4.69, 9.17) is 9.84 Å².